The van der Waals surface area contributed by atoms with Gasteiger partial charge in [-0.2, -0.15) is 9.78 Å². The van der Waals surface area contributed by atoms with Gasteiger partial charge in [0.05, 0.1) is 28.7 Å². The summed E-state index contributed by atoms with van der Waals surface area (Å²) in [6.45, 7) is 9.97. The molecule has 1 heterocycles. The van der Waals surface area contributed by atoms with Gasteiger partial charge in [0.2, 0.25) is 0 Å². The van der Waals surface area contributed by atoms with Gasteiger partial charge in [-0.1, -0.05) is 37.6 Å². The molecule has 0 saturated carbocycles. The molecule has 8 heteroatoms. The number of carbonyl (C=O) groups is 1. The lowest BCUT2D eigenvalue weighted by molar-refractivity contribution is -0.131. The monoisotopic (exact) mass is 517 g/mol. The van der Waals surface area contributed by atoms with Gasteiger partial charge < -0.3 is 9.47 Å². The zero-order valence-electron chi connectivity index (χ0n) is 21.4. The number of esters is 1. The second-order valence-electron chi connectivity index (χ2n) is 8.89. The van der Waals surface area contributed by atoms with E-state index in [1.807, 2.05) is 38.1 Å². The number of para-hydroxylation sites is 1. The molecule has 0 radical (unpaired) electrons. The average molecular weight is 518 g/mol. The first kappa shape index (κ1) is 26.1. The summed E-state index contributed by atoms with van der Waals surface area (Å²) in [5.41, 5.74) is 3.63. The Bertz CT molecular complexity index is 1570. The molecule has 3 aromatic carbocycles. The van der Waals surface area contributed by atoms with Gasteiger partial charge in [-0.15, -0.1) is 0 Å². The number of halogens is 1. The van der Waals surface area contributed by atoms with Crippen molar-refractivity contribution < 1.29 is 14.3 Å². The van der Waals surface area contributed by atoms with Crippen LogP contribution in [0.15, 0.2) is 64.5 Å². The third-order valence-corrected chi connectivity index (χ3v) is 6.10. The molecule has 0 N–H and O–H groups in total. The van der Waals surface area contributed by atoms with Crippen LogP contribution >= 0.6 is 11.6 Å². The van der Waals surface area contributed by atoms with E-state index in [9.17, 15) is 9.59 Å². The molecule has 0 spiro atoms. The summed E-state index contributed by atoms with van der Waals surface area (Å²) in [6.07, 6.45) is 1.53. The number of hydrogen-bond donors (Lipinski definition) is 0. The molecule has 4 rings (SSSR count). The Morgan fingerprint density at radius 3 is 2.57 bits per heavy atom. The van der Waals surface area contributed by atoms with E-state index in [2.05, 4.69) is 18.9 Å². The molecule has 0 fully saturated rings. The number of rotatable bonds is 7. The van der Waals surface area contributed by atoms with Gasteiger partial charge in [0.25, 0.3) is 5.56 Å². The topological polar surface area (TPSA) is 82.8 Å². The first-order valence-electron chi connectivity index (χ1n) is 12.0. The molecule has 0 aliphatic heterocycles. The van der Waals surface area contributed by atoms with Crippen molar-refractivity contribution in [2.75, 3.05) is 6.61 Å². The lowest BCUT2D eigenvalue weighted by Gasteiger charge is -2.18. The Balaban J connectivity index is 1.90. The molecule has 0 bridgehead atoms. The first-order valence-corrected chi connectivity index (χ1v) is 12.4. The highest BCUT2D eigenvalue weighted by atomic mass is 35.5. The number of carbonyl (C=O) groups excluding carboxylic acids is 1. The van der Waals surface area contributed by atoms with Gasteiger partial charge in [-0.25, -0.2) is 4.98 Å². The smallest absolute Gasteiger partial charge is 0.308 e. The Morgan fingerprint density at radius 1 is 1.14 bits per heavy atom. The van der Waals surface area contributed by atoms with E-state index in [0.717, 1.165) is 22.4 Å². The molecule has 190 valence electrons. The van der Waals surface area contributed by atoms with Gasteiger partial charge >= 0.3 is 5.97 Å². The fourth-order valence-corrected chi connectivity index (χ4v) is 4.26. The molecular weight excluding hydrogens is 490 g/mol. The Morgan fingerprint density at radius 2 is 1.89 bits per heavy atom. The van der Waals surface area contributed by atoms with Gasteiger partial charge in [0.15, 0.2) is 5.82 Å². The van der Waals surface area contributed by atoms with Crippen molar-refractivity contribution in [2.45, 2.75) is 40.5 Å². The fraction of sp³-hybridized carbons (Fsp3) is 0.241. The number of ether oxygens (including phenoxy) is 2. The van der Waals surface area contributed by atoms with Crippen molar-refractivity contribution in [3.8, 4) is 22.9 Å². The van der Waals surface area contributed by atoms with Crippen molar-refractivity contribution in [3.05, 3.63) is 86.7 Å². The van der Waals surface area contributed by atoms with Crippen LogP contribution in [0, 0.1) is 6.92 Å². The summed E-state index contributed by atoms with van der Waals surface area (Å²) in [7, 11) is 0. The van der Waals surface area contributed by atoms with Crippen LogP contribution in [0.3, 0.4) is 0 Å². The molecular formula is C29H28ClN3O4. The van der Waals surface area contributed by atoms with Crippen LogP contribution in [-0.2, 0) is 4.79 Å². The lowest BCUT2D eigenvalue weighted by atomic mass is 9.96. The largest absolute Gasteiger partial charge is 0.494 e. The highest BCUT2D eigenvalue weighted by Gasteiger charge is 2.18. The second-order valence-corrected chi connectivity index (χ2v) is 9.30. The minimum atomic E-state index is -0.465. The fourth-order valence-electron chi connectivity index (χ4n) is 4.04. The van der Waals surface area contributed by atoms with Crippen LogP contribution in [0.1, 0.15) is 50.3 Å². The van der Waals surface area contributed by atoms with Crippen molar-refractivity contribution >= 4 is 34.7 Å². The molecule has 0 aliphatic carbocycles. The number of nitrogens with zero attached hydrogens (tertiary/aromatic N) is 3. The lowest BCUT2D eigenvalue weighted by Crippen LogP contribution is -2.21. The summed E-state index contributed by atoms with van der Waals surface area (Å²) in [5.74, 6) is 1.23. The van der Waals surface area contributed by atoms with E-state index < -0.39 is 5.97 Å². The van der Waals surface area contributed by atoms with E-state index in [1.165, 1.54) is 17.8 Å². The predicted octanol–water partition coefficient (Wildman–Crippen LogP) is 6.35. The number of fused-ring (bicyclic) bond motifs is 1. The maximum Gasteiger partial charge on any atom is 0.308 e. The molecule has 4 aromatic rings. The van der Waals surface area contributed by atoms with Gasteiger partial charge in [0, 0.05) is 12.5 Å². The summed E-state index contributed by atoms with van der Waals surface area (Å²) in [5, 5.41) is 5.24. The third kappa shape index (κ3) is 5.57. The van der Waals surface area contributed by atoms with Gasteiger partial charge in [-0.3, -0.25) is 9.59 Å². The number of hydrogen-bond acceptors (Lipinski definition) is 6. The van der Waals surface area contributed by atoms with Crippen molar-refractivity contribution in [3.63, 3.8) is 0 Å². The van der Waals surface area contributed by atoms with E-state index >= 15 is 0 Å². The molecule has 0 amide bonds. The summed E-state index contributed by atoms with van der Waals surface area (Å²) in [6, 6.07) is 16.1. The van der Waals surface area contributed by atoms with Crippen LogP contribution in [0.5, 0.6) is 11.5 Å². The molecule has 37 heavy (non-hydrogen) atoms. The standard InChI is InChI=1S/C29H28ClN3O4/c1-6-36-27-13-18(4)23(15-22(27)17(2)3)28-32-25-10-8-7-9-21(25)29(35)33(28)31-16-20-11-12-26(24(30)14-20)37-19(5)34/h7-17H,6H2,1-5H3. The molecule has 7 nitrogen and oxygen atoms in total. The zero-order chi connectivity index (χ0) is 26.7. The summed E-state index contributed by atoms with van der Waals surface area (Å²) >= 11 is 6.27. The van der Waals surface area contributed by atoms with Crippen molar-refractivity contribution in [2.24, 2.45) is 5.10 Å². The van der Waals surface area contributed by atoms with E-state index in [-0.39, 0.29) is 22.2 Å². The predicted molar refractivity (Wildman–Crippen MR) is 147 cm³/mol. The van der Waals surface area contributed by atoms with E-state index in [4.69, 9.17) is 26.1 Å². The molecule has 0 saturated heterocycles. The van der Waals surface area contributed by atoms with Crippen LogP contribution in [0.2, 0.25) is 5.02 Å². The molecule has 0 aliphatic rings. The maximum atomic E-state index is 13.6. The van der Waals surface area contributed by atoms with Gasteiger partial charge in [-0.05, 0) is 78.9 Å². The third-order valence-electron chi connectivity index (χ3n) is 5.81. The summed E-state index contributed by atoms with van der Waals surface area (Å²) < 4.78 is 12.3. The molecule has 1 aromatic heterocycles. The molecule has 0 unspecified atom stereocenters. The number of aryl methyl sites for hydroxylation is 1. The Kier molecular flexibility index (Phi) is 7.74. The summed E-state index contributed by atoms with van der Waals surface area (Å²) in [4.78, 5) is 29.7. The highest BCUT2D eigenvalue weighted by molar-refractivity contribution is 6.32. The Hall–Kier alpha value is -3.97. The average Bonchev–Trinajstić information content (AvgIpc) is 2.85. The van der Waals surface area contributed by atoms with Gasteiger partial charge in [0.1, 0.15) is 11.5 Å². The van der Waals surface area contributed by atoms with Crippen LogP contribution < -0.4 is 15.0 Å². The highest BCUT2D eigenvalue weighted by Crippen LogP contribution is 2.34. The SMILES string of the molecule is CCOc1cc(C)c(-c2nc3ccccc3c(=O)n2N=Cc2ccc(OC(C)=O)c(Cl)c2)cc1C(C)C. The zero-order valence-corrected chi connectivity index (χ0v) is 22.2. The van der Waals surface area contributed by atoms with Crippen molar-refractivity contribution in [1.29, 1.82) is 0 Å². The van der Waals surface area contributed by atoms with Crippen LogP contribution in [0.25, 0.3) is 22.3 Å². The van der Waals surface area contributed by atoms with Crippen LogP contribution in [-0.4, -0.2) is 28.5 Å². The normalized spacial score (nSPS) is 11.4. The minimum absolute atomic E-state index is 0.197. The quantitative estimate of drug-likeness (QED) is 0.162. The minimum Gasteiger partial charge on any atom is -0.494 e. The number of benzene rings is 3. The van der Waals surface area contributed by atoms with Crippen LogP contribution in [0.4, 0.5) is 0 Å². The Labute approximate surface area is 220 Å². The van der Waals surface area contributed by atoms with Crippen molar-refractivity contribution in [1.82, 2.24) is 9.66 Å². The first-order chi connectivity index (χ1) is 17.7. The second kappa shape index (κ2) is 11.0. The maximum absolute atomic E-state index is 13.6. The molecule has 0 atom stereocenters. The van der Waals surface area contributed by atoms with E-state index in [1.54, 1.807) is 30.3 Å². The van der Waals surface area contributed by atoms with E-state index in [0.29, 0.717) is 28.9 Å². The number of aromatic nitrogens is 2.